The Balaban J connectivity index is 1.97. The largest absolute Gasteiger partial charge is 0.330 e. The van der Waals surface area contributed by atoms with Crippen molar-refractivity contribution in [3.05, 3.63) is 0 Å². The minimum atomic E-state index is 0.876. The summed E-state index contributed by atoms with van der Waals surface area (Å²) in [5, 5.41) is 0. The highest BCUT2D eigenvalue weighted by Crippen LogP contribution is 2.36. The molecule has 1 nitrogen and oxygen atoms in total. The molecule has 0 bridgehead atoms. The average molecular weight is 296 g/mol. The van der Waals surface area contributed by atoms with Crippen molar-refractivity contribution >= 4 is 0 Å². The molecule has 1 rings (SSSR count). The summed E-state index contributed by atoms with van der Waals surface area (Å²) < 4.78 is 0. The van der Waals surface area contributed by atoms with E-state index in [-0.39, 0.29) is 0 Å². The average Bonchev–Trinajstić information content (AvgIpc) is 2.52. The molecule has 0 spiro atoms. The van der Waals surface area contributed by atoms with Crippen LogP contribution in [0.15, 0.2) is 0 Å². The van der Waals surface area contributed by atoms with Gasteiger partial charge >= 0.3 is 0 Å². The molecule has 21 heavy (non-hydrogen) atoms. The molecule has 0 saturated heterocycles. The molecule has 0 radical (unpaired) electrons. The third-order valence-corrected chi connectivity index (χ3v) is 5.52. The van der Waals surface area contributed by atoms with Gasteiger partial charge in [-0.05, 0) is 24.8 Å². The van der Waals surface area contributed by atoms with Crippen molar-refractivity contribution in [2.24, 2.45) is 17.6 Å². The van der Waals surface area contributed by atoms with E-state index in [4.69, 9.17) is 5.73 Å². The lowest BCUT2D eigenvalue weighted by molar-refractivity contribution is 0.203. The van der Waals surface area contributed by atoms with Crippen LogP contribution in [0.5, 0.6) is 0 Å². The fourth-order valence-electron chi connectivity index (χ4n) is 4.12. The van der Waals surface area contributed by atoms with E-state index in [2.05, 4.69) is 6.92 Å². The molecule has 1 heteroatoms. The summed E-state index contributed by atoms with van der Waals surface area (Å²) in [6.45, 7) is 3.21. The Bertz CT molecular complexity index is 214. The van der Waals surface area contributed by atoms with Gasteiger partial charge in [0.2, 0.25) is 0 Å². The second-order valence-electron chi connectivity index (χ2n) is 7.35. The van der Waals surface area contributed by atoms with Gasteiger partial charge in [-0.15, -0.1) is 0 Å². The summed E-state index contributed by atoms with van der Waals surface area (Å²) in [4.78, 5) is 0. The zero-order valence-corrected chi connectivity index (χ0v) is 14.8. The minimum absolute atomic E-state index is 0.876. The first-order chi connectivity index (χ1) is 10.4. The van der Waals surface area contributed by atoms with Crippen LogP contribution in [-0.2, 0) is 0 Å². The molecule has 2 N–H and O–H groups in total. The van der Waals surface area contributed by atoms with Gasteiger partial charge in [0.25, 0.3) is 0 Å². The zero-order valence-electron chi connectivity index (χ0n) is 14.8. The molecule has 2 unspecified atom stereocenters. The van der Waals surface area contributed by atoms with E-state index in [1.165, 1.54) is 103 Å². The second-order valence-corrected chi connectivity index (χ2v) is 7.35. The maximum absolute atomic E-state index is 5.52. The molecule has 0 aromatic rings. The number of nitrogens with two attached hydrogens (primary N) is 1. The molecule has 0 amide bonds. The lowest BCUT2D eigenvalue weighted by Crippen LogP contribution is -2.19. The number of hydrogen-bond acceptors (Lipinski definition) is 1. The van der Waals surface area contributed by atoms with E-state index in [1.54, 1.807) is 0 Å². The first-order valence-electron chi connectivity index (χ1n) is 10.1. The molecule has 0 heterocycles. The topological polar surface area (TPSA) is 26.0 Å². The van der Waals surface area contributed by atoms with Gasteiger partial charge in [-0.2, -0.15) is 0 Å². The molecule has 0 aromatic heterocycles. The molecule has 1 fully saturated rings. The summed E-state index contributed by atoms with van der Waals surface area (Å²) in [7, 11) is 0. The first-order valence-corrected chi connectivity index (χ1v) is 10.1. The number of rotatable bonds is 13. The summed E-state index contributed by atoms with van der Waals surface area (Å²) in [5.74, 6) is 2.16. The van der Waals surface area contributed by atoms with Gasteiger partial charge in [0.05, 0.1) is 0 Å². The van der Waals surface area contributed by atoms with Gasteiger partial charge in [-0.1, -0.05) is 103 Å². The Morgan fingerprint density at radius 3 is 1.67 bits per heavy atom. The number of hydrogen-bond donors (Lipinski definition) is 1. The maximum atomic E-state index is 5.52. The van der Waals surface area contributed by atoms with Crippen molar-refractivity contribution in [3.8, 4) is 0 Å². The first kappa shape index (κ1) is 19.0. The summed E-state index contributed by atoms with van der Waals surface area (Å²) in [6.07, 6.45) is 23.3. The highest BCUT2D eigenvalue weighted by Gasteiger charge is 2.23. The fraction of sp³-hybridized carbons (Fsp3) is 1.00. The SMILES string of the molecule is CCCCC1CCCCC1CCCCCCCCCCN. The Kier molecular flexibility index (Phi) is 12.3. The van der Waals surface area contributed by atoms with E-state index in [9.17, 15) is 0 Å². The van der Waals surface area contributed by atoms with Gasteiger partial charge in [-0.25, -0.2) is 0 Å². The molecule has 1 saturated carbocycles. The highest BCUT2D eigenvalue weighted by atomic mass is 14.5. The lowest BCUT2D eigenvalue weighted by atomic mass is 9.74. The van der Waals surface area contributed by atoms with E-state index < -0.39 is 0 Å². The Morgan fingerprint density at radius 2 is 1.14 bits per heavy atom. The normalized spacial score (nSPS) is 22.6. The Labute approximate surface area is 134 Å². The minimum Gasteiger partial charge on any atom is -0.330 e. The summed E-state index contributed by atoms with van der Waals surface area (Å²) in [5.41, 5.74) is 5.52. The van der Waals surface area contributed by atoms with Crippen molar-refractivity contribution in [2.45, 2.75) is 110 Å². The fourth-order valence-corrected chi connectivity index (χ4v) is 4.12. The van der Waals surface area contributed by atoms with Crippen LogP contribution in [0.4, 0.5) is 0 Å². The van der Waals surface area contributed by atoms with Gasteiger partial charge in [-0.3, -0.25) is 0 Å². The van der Waals surface area contributed by atoms with Crippen LogP contribution >= 0.6 is 0 Å². The van der Waals surface area contributed by atoms with Crippen LogP contribution in [0.1, 0.15) is 110 Å². The van der Waals surface area contributed by atoms with Crippen LogP contribution in [0.2, 0.25) is 0 Å². The standard InChI is InChI=1S/C20H41N/c1-2-3-14-19-16-11-12-17-20(19)15-10-8-6-4-5-7-9-13-18-21/h19-20H,2-18,21H2,1H3. The molecule has 0 aromatic carbocycles. The number of unbranched alkanes of at least 4 members (excludes halogenated alkanes) is 8. The van der Waals surface area contributed by atoms with E-state index >= 15 is 0 Å². The molecule has 126 valence electrons. The third-order valence-electron chi connectivity index (χ3n) is 5.52. The van der Waals surface area contributed by atoms with Crippen molar-refractivity contribution in [3.63, 3.8) is 0 Å². The van der Waals surface area contributed by atoms with Crippen LogP contribution in [0, 0.1) is 11.8 Å². The Hall–Kier alpha value is -0.0400. The second kappa shape index (κ2) is 13.6. The van der Waals surface area contributed by atoms with Crippen molar-refractivity contribution in [1.29, 1.82) is 0 Å². The summed E-state index contributed by atoms with van der Waals surface area (Å²) in [6, 6.07) is 0. The van der Waals surface area contributed by atoms with Crippen LogP contribution < -0.4 is 5.73 Å². The van der Waals surface area contributed by atoms with E-state index in [1.807, 2.05) is 0 Å². The van der Waals surface area contributed by atoms with Gasteiger partial charge in [0, 0.05) is 0 Å². The third kappa shape index (κ3) is 9.55. The van der Waals surface area contributed by atoms with E-state index in [0.717, 1.165) is 18.4 Å². The quantitative estimate of drug-likeness (QED) is 0.388. The van der Waals surface area contributed by atoms with Crippen molar-refractivity contribution < 1.29 is 0 Å². The molecule has 2 atom stereocenters. The van der Waals surface area contributed by atoms with Gasteiger partial charge in [0.1, 0.15) is 0 Å². The molecule has 1 aliphatic carbocycles. The van der Waals surface area contributed by atoms with E-state index in [0.29, 0.717) is 0 Å². The van der Waals surface area contributed by atoms with Crippen LogP contribution in [-0.4, -0.2) is 6.54 Å². The van der Waals surface area contributed by atoms with Crippen LogP contribution in [0.3, 0.4) is 0 Å². The lowest BCUT2D eigenvalue weighted by Gasteiger charge is -2.31. The molecule has 0 aliphatic heterocycles. The predicted molar refractivity (Wildman–Crippen MR) is 95.6 cm³/mol. The molecular weight excluding hydrogens is 254 g/mol. The van der Waals surface area contributed by atoms with Crippen LogP contribution in [0.25, 0.3) is 0 Å². The predicted octanol–water partition coefficient (Wildman–Crippen LogP) is 6.45. The monoisotopic (exact) mass is 295 g/mol. The van der Waals surface area contributed by atoms with Gasteiger partial charge in [0.15, 0.2) is 0 Å². The van der Waals surface area contributed by atoms with Crippen molar-refractivity contribution in [1.82, 2.24) is 0 Å². The smallest absolute Gasteiger partial charge is 0.00773 e. The van der Waals surface area contributed by atoms with Gasteiger partial charge < -0.3 is 5.73 Å². The summed E-state index contributed by atoms with van der Waals surface area (Å²) >= 11 is 0. The zero-order chi connectivity index (χ0) is 15.2. The van der Waals surface area contributed by atoms with Crippen molar-refractivity contribution in [2.75, 3.05) is 6.54 Å². The molecule has 1 aliphatic rings. The Morgan fingerprint density at radius 1 is 0.667 bits per heavy atom. The maximum Gasteiger partial charge on any atom is -0.00773 e. The molecular formula is C20H41N. The highest BCUT2D eigenvalue weighted by molar-refractivity contribution is 4.75.